The third-order valence-corrected chi connectivity index (χ3v) is 3.07. The quantitative estimate of drug-likeness (QED) is 0.893. The Balaban J connectivity index is 1.78. The third kappa shape index (κ3) is 2.40. The van der Waals surface area contributed by atoms with Gasteiger partial charge in [0.15, 0.2) is 0 Å². The van der Waals surface area contributed by atoms with E-state index in [4.69, 9.17) is 0 Å². The maximum Gasteiger partial charge on any atom is 0.251 e. The van der Waals surface area contributed by atoms with Gasteiger partial charge in [-0.2, -0.15) is 0 Å². The van der Waals surface area contributed by atoms with Crippen LogP contribution in [-0.4, -0.2) is 16.9 Å². The van der Waals surface area contributed by atoms with Gasteiger partial charge in [-0.05, 0) is 48.2 Å². The third-order valence-electron chi connectivity index (χ3n) is 3.07. The van der Waals surface area contributed by atoms with Gasteiger partial charge in [0.1, 0.15) is 0 Å². The molecule has 1 aromatic carbocycles. The van der Waals surface area contributed by atoms with Crippen molar-refractivity contribution < 1.29 is 4.79 Å². The second-order valence-electron chi connectivity index (χ2n) is 4.56. The Bertz CT molecular complexity index is 544. The molecule has 1 saturated carbocycles. The highest BCUT2D eigenvalue weighted by molar-refractivity contribution is 5.95. The van der Waals surface area contributed by atoms with Crippen LogP contribution in [0, 0.1) is 0 Å². The van der Waals surface area contributed by atoms with E-state index in [0.717, 1.165) is 29.5 Å². The summed E-state index contributed by atoms with van der Waals surface area (Å²) < 4.78 is 0. The SMILES string of the molecule is O=C(NC1CC1)c1ccc(-c2ccncc2)cc1. The molecule has 3 rings (SSSR count). The number of hydrogen-bond acceptors (Lipinski definition) is 2. The molecule has 0 atom stereocenters. The highest BCUT2D eigenvalue weighted by atomic mass is 16.1. The van der Waals surface area contributed by atoms with Crippen LogP contribution in [-0.2, 0) is 0 Å². The molecule has 0 spiro atoms. The first-order chi connectivity index (χ1) is 8.83. The second-order valence-corrected chi connectivity index (χ2v) is 4.56. The van der Waals surface area contributed by atoms with Crippen LogP contribution in [0.15, 0.2) is 48.8 Å². The van der Waals surface area contributed by atoms with Crippen LogP contribution in [0.25, 0.3) is 11.1 Å². The van der Waals surface area contributed by atoms with Gasteiger partial charge in [0.05, 0.1) is 0 Å². The molecule has 2 aromatic rings. The van der Waals surface area contributed by atoms with Crippen molar-refractivity contribution in [1.82, 2.24) is 10.3 Å². The summed E-state index contributed by atoms with van der Waals surface area (Å²) in [7, 11) is 0. The van der Waals surface area contributed by atoms with Crippen molar-refractivity contribution in [2.75, 3.05) is 0 Å². The molecule has 0 radical (unpaired) electrons. The van der Waals surface area contributed by atoms with Gasteiger partial charge in [-0.1, -0.05) is 12.1 Å². The first kappa shape index (κ1) is 11.0. The molecule has 1 aromatic heterocycles. The minimum Gasteiger partial charge on any atom is -0.349 e. The Labute approximate surface area is 106 Å². The molecule has 1 heterocycles. The Kier molecular flexibility index (Phi) is 2.81. The molecule has 1 aliphatic rings. The summed E-state index contributed by atoms with van der Waals surface area (Å²) in [5.74, 6) is 0.0266. The van der Waals surface area contributed by atoms with Gasteiger partial charge in [0.25, 0.3) is 5.91 Å². The van der Waals surface area contributed by atoms with E-state index < -0.39 is 0 Å². The number of pyridine rings is 1. The average molecular weight is 238 g/mol. The molecule has 0 aliphatic heterocycles. The standard InChI is InChI=1S/C15H14N2O/c18-15(17-14-5-6-14)13-3-1-11(2-4-13)12-7-9-16-10-8-12/h1-4,7-10,14H,5-6H2,(H,17,18). The number of hydrogen-bond donors (Lipinski definition) is 1. The van der Waals surface area contributed by atoms with E-state index in [0.29, 0.717) is 6.04 Å². The van der Waals surface area contributed by atoms with Crippen molar-refractivity contribution in [3.05, 3.63) is 54.4 Å². The highest BCUT2D eigenvalue weighted by Crippen LogP contribution is 2.21. The molecule has 1 N–H and O–H groups in total. The fraction of sp³-hybridized carbons (Fsp3) is 0.200. The molecule has 1 amide bonds. The van der Waals surface area contributed by atoms with Crippen LogP contribution in [0.1, 0.15) is 23.2 Å². The molecule has 3 nitrogen and oxygen atoms in total. The van der Waals surface area contributed by atoms with Gasteiger partial charge < -0.3 is 5.32 Å². The van der Waals surface area contributed by atoms with Crippen molar-refractivity contribution in [3.63, 3.8) is 0 Å². The molecule has 0 saturated heterocycles. The van der Waals surface area contributed by atoms with E-state index in [1.807, 2.05) is 36.4 Å². The summed E-state index contributed by atoms with van der Waals surface area (Å²) in [6, 6.07) is 12.0. The summed E-state index contributed by atoms with van der Waals surface area (Å²) >= 11 is 0. The van der Waals surface area contributed by atoms with Gasteiger partial charge in [-0.3, -0.25) is 9.78 Å². The topological polar surface area (TPSA) is 42.0 Å². The Morgan fingerprint density at radius 1 is 1.00 bits per heavy atom. The maximum atomic E-state index is 11.8. The summed E-state index contributed by atoms with van der Waals surface area (Å²) in [6.07, 6.45) is 5.76. The van der Waals surface area contributed by atoms with Crippen LogP contribution in [0.4, 0.5) is 0 Å². The number of nitrogens with one attached hydrogen (secondary N) is 1. The van der Waals surface area contributed by atoms with Crippen molar-refractivity contribution in [3.8, 4) is 11.1 Å². The number of amides is 1. The minimum absolute atomic E-state index is 0.0266. The van der Waals surface area contributed by atoms with Crippen LogP contribution in [0.5, 0.6) is 0 Å². The molecule has 18 heavy (non-hydrogen) atoms. The molecular weight excluding hydrogens is 224 g/mol. The van der Waals surface area contributed by atoms with Crippen LogP contribution in [0.2, 0.25) is 0 Å². The zero-order chi connectivity index (χ0) is 12.4. The van der Waals surface area contributed by atoms with Gasteiger partial charge >= 0.3 is 0 Å². The normalized spacial score (nSPS) is 14.2. The highest BCUT2D eigenvalue weighted by Gasteiger charge is 2.23. The first-order valence-electron chi connectivity index (χ1n) is 6.14. The number of benzene rings is 1. The average Bonchev–Trinajstić information content (AvgIpc) is 3.24. The predicted octanol–water partition coefficient (Wildman–Crippen LogP) is 2.64. The number of carbonyl (C=O) groups is 1. The minimum atomic E-state index is 0.0266. The van der Waals surface area contributed by atoms with Gasteiger partial charge in [-0.15, -0.1) is 0 Å². The van der Waals surface area contributed by atoms with Crippen molar-refractivity contribution in [2.24, 2.45) is 0 Å². The fourth-order valence-corrected chi connectivity index (χ4v) is 1.85. The molecule has 0 unspecified atom stereocenters. The second kappa shape index (κ2) is 4.61. The molecule has 90 valence electrons. The summed E-state index contributed by atoms with van der Waals surface area (Å²) in [5.41, 5.74) is 2.93. The van der Waals surface area contributed by atoms with E-state index in [1.54, 1.807) is 12.4 Å². The number of nitrogens with zero attached hydrogens (tertiary/aromatic N) is 1. The molecular formula is C15H14N2O. The Hall–Kier alpha value is -2.16. The lowest BCUT2D eigenvalue weighted by Gasteiger charge is -2.05. The monoisotopic (exact) mass is 238 g/mol. The zero-order valence-corrected chi connectivity index (χ0v) is 9.97. The number of rotatable bonds is 3. The Morgan fingerprint density at radius 2 is 1.61 bits per heavy atom. The lowest BCUT2D eigenvalue weighted by molar-refractivity contribution is 0.0951. The molecule has 3 heteroatoms. The smallest absolute Gasteiger partial charge is 0.251 e. The first-order valence-corrected chi connectivity index (χ1v) is 6.14. The Morgan fingerprint density at radius 3 is 2.22 bits per heavy atom. The van der Waals surface area contributed by atoms with E-state index in [-0.39, 0.29) is 5.91 Å². The molecule has 0 bridgehead atoms. The number of aromatic nitrogens is 1. The van der Waals surface area contributed by atoms with Gasteiger partial charge in [-0.25, -0.2) is 0 Å². The van der Waals surface area contributed by atoms with E-state index in [9.17, 15) is 4.79 Å². The fourth-order valence-electron chi connectivity index (χ4n) is 1.85. The molecule has 1 aliphatic carbocycles. The van der Waals surface area contributed by atoms with Gasteiger partial charge in [0, 0.05) is 24.0 Å². The van der Waals surface area contributed by atoms with Crippen LogP contribution < -0.4 is 5.32 Å². The van der Waals surface area contributed by atoms with Crippen LogP contribution >= 0.6 is 0 Å². The van der Waals surface area contributed by atoms with Gasteiger partial charge in [0.2, 0.25) is 0 Å². The van der Waals surface area contributed by atoms with Crippen molar-refractivity contribution in [2.45, 2.75) is 18.9 Å². The van der Waals surface area contributed by atoms with Crippen molar-refractivity contribution >= 4 is 5.91 Å². The maximum absolute atomic E-state index is 11.8. The lowest BCUT2D eigenvalue weighted by Crippen LogP contribution is -2.25. The molecule has 1 fully saturated rings. The lowest BCUT2D eigenvalue weighted by atomic mass is 10.1. The zero-order valence-electron chi connectivity index (χ0n) is 9.97. The predicted molar refractivity (Wildman–Crippen MR) is 70.2 cm³/mol. The van der Waals surface area contributed by atoms with E-state index in [2.05, 4.69) is 10.3 Å². The van der Waals surface area contributed by atoms with E-state index >= 15 is 0 Å². The van der Waals surface area contributed by atoms with Crippen molar-refractivity contribution in [1.29, 1.82) is 0 Å². The van der Waals surface area contributed by atoms with E-state index in [1.165, 1.54) is 0 Å². The number of carbonyl (C=O) groups excluding carboxylic acids is 1. The summed E-state index contributed by atoms with van der Waals surface area (Å²) in [4.78, 5) is 15.8. The summed E-state index contributed by atoms with van der Waals surface area (Å²) in [5, 5.41) is 2.98. The largest absolute Gasteiger partial charge is 0.349 e. The van der Waals surface area contributed by atoms with Crippen LogP contribution in [0.3, 0.4) is 0 Å². The summed E-state index contributed by atoms with van der Waals surface area (Å²) in [6.45, 7) is 0.